The third kappa shape index (κ3) is 12.7. The minimum absolute atomic E-state index is 0.0353. The average molecular weight is 648 g/mol. The molecular weight excluding hydrogens is 598 g/mol. The van der Waals surface area contributed by atoms with Gasteiger partial charge in [0, 0.05) is 53.0 Å². The summed E-state index contributed by atoms with van der Waals surface area (Å²) in [4.78, 5) is 17.6. The lowest BCUT2D eigenvalue weighted by Gasteiger charge is -2.39. The number of nitrogens with zero attached hydrogens (tertiary/aromatic N) is 2. The number of amides is 1. The molecule has 1 aliphatic heterocycles. The number of rotatable bonds is 21. The van der Waals surface area contributed by atoms with E-state index in [4.69, 9.17) is 28.4 Å². The minimum Gasteiger partial charge on any atom is -0.464 e. The molecule has 0 unspecified atom stereocenters. The van der Waals surface area contributed by atoms with Crippen molar-refractivity contribution in [2.45, 2.75) is 12.5 Å². The predicted molar refractivity (Wildman–Crippen MR) is 182 cm³/mol. The number of piperazine rings is 1. The van der Waals surface area contributed by atoms with Gasteiger partial charge in [0.05, 0.1) is 32.5 Å². The molecule has 1 heterocycles. The molecule has 0 aromatic heterocycles. The van der Waals surface area contributed by atoms with Crippen LogP contribution >= 0.6 is 0 Å². The summed E-state index contributed by atoms with van der Waals surface area (Å²) < 4.78 is 32.3. The first kappa shape index (κ1) is 36.1. The Kier molecular flexibility index (Phi) is 16.2. The van der Waals surface area contributed by atoms with Crippen molar-refractivity contribution in [3.05, 3.63) is 102 Å². The number of methoxy groups -OCH3 is 2. The topological polar surface area (TPSA) is 91.0 Å². The highest BCUT2D eigenvalue weighted by Gasteiger charge is 2.26. The van der Waals surface area contributed by atoms with Crippen LogP contribution in [0, 0.1) is 0 Å². The summed E-state index contributed by atoms with van der Waals surface area (Å²) in [6.45, 7) is 7.44. The predicted octanol–water partition coefficient (Wildman–Crippen LogP) is 4.61. The molecule has 0 atom stereocenters. The quantitative estimate of drug-likeness (QED) is 0.101. The lowest BCUT2D eigenvalue weighted by Crippen LogP contribution is -2.48. The number of hydrogen-bond acceptors (Lipinski definition) is 9. The molecule has 10 nitrogen and oxygen atoms in total. The van der Waals surface area contributed by atoms with Crippen LogP contribution in [0.5, 0.6) is 11.5 Å². The van der Waals surface area contributed by atoms with E-state index in [2.05, 4.69) is 75.8 Å². The summed E-state index contributed by atoms with van der Waals surface area (Å²) in [6, 6.07) is 27.2. The summed E-state index contributed by atoms with van der Waals surface area (Å²) >= 11 is 0. The van der Waals surface area contributed by atoms with Crippen LogP contribution in [0.1, 0.15) is 29.2 Å². The second-order valence-corrected chi connectivity index (χ2v) is 11.1. The Morgan fingerprint density at radius 3 is 1.96 bits per heavy atom. The highest BCUT2D eigenvalue weighted by atomic mass is 16.7. The second kappa shape index (κ2) is 21.2. The summed E-state index contributed by atoms with van der Waals surface area (Å²) in [7, 11) is 3.23. The van der Waals surface area contributed by atoms with E-state index in [1.165, 1.54) is 17.2 Å². The van der Waals surface area contributed by atoms with Crippen LogP contribution in [0.15, 0.2) is 84.9 Å². The molecule has 1 aliphatic rings. The van der Waals surface area contributed by atoms with Crippen molar-refractivity contribution in [2.75, 3.05) is 93.5 Å². The van der Waals surface area contributed by atoms with Gasteiger partial charge in [0.1, 0.15) is 0 Å². The van der Waals surface area contributed by atoms with Crippen molar-refractivity contribution < 1.29 is 33.2 Å². The molecule has 1 amide bonds. The van der Waals surface area contributed by atoms with Crippen molar-refractivity contribution in [2.24, 2.45) is 0 Å². The van der Waals surface area contributed by atoms with E-state index in [1.807, 2.05) is 6.07 Å². The van der Waals surface area contributed by atoms with Gasteiger partial charge in [0.25, 0.3) is 0 Å². The van der Waals surface area contributed by atoms with Gasteiger partial charge in [-0.3, -0.25) is 9.69 Å². The van der Waals surface area contributed by atoms with Gasteiger partial charge in [0.15, 0.2) is 25.1 Å². The SMILES string of the molecule is COCCOCOc1ccc(C=CC(=O)NCCCN2CCN(C(c3ccccc3)c3ccccc3)CC2)cc1OCOCCOC. The Morgan fingerprint density at radius 1 is 0.766 bits per heavy atom. The Balaban J connectivity index is 1.20. The molecule has 0 spiro atoms. The summed E-state index contributed by atoms with van der Waals surface area (Å²) in [6.07, 6.45) is 4.18. The molecule has 0 saturated carbocycles. The van der Waals surface area contributed by atoms with Gasteiger partial charge in [-0.05, 0) is 47.9 Å². The monoisotopic (exact) mass is 647 g/mol. The molecular formula is C37H49N3O7. The van der Waals surface area contributed by atoms with Gasteiger partial charge in [-0.1, -0.05) is 66.7 Å². The molecule has 10 heteroatoms. The van der Waals surface area contributed by atoms with E-state index in [-0.39, 0.29) is 25.5 Å². The molecule has 0 radical (unpaired) electrons. The molecule has 1 fully saturated rings. The number of benzene rings is 3. The van der Waals surface area contributed by atoms with Crippen LogP contribution in [0.25, 0.3) is 6.08 Å². The highest BCUT2D eigenvalue weighted by Crippen LogP contribution is 2.30. The van der Waals surface area contributed by atoms with Crippen LogP contribution in [-0.4, -0.2) is 109 Å². The zero-order chi connectivity index (χ0) is 32.9. The molecule has 3 aromatic carbocycles. The third-order valence-electron chi connectivity index (χ3n) is 7.81. The number of carbonyl (C=O) groups excluding carboxylic acids is 1. The number of nitrogens with one attached hydrogen (secondary N) is 1. The third-order valence-corrected chi connectivity index (χ3v) is 7.81. The van der Waals surface area contributed by atoms with Gasteiger partial charge in [-0.2, -0.15) is 0 Å². The van der Waals surface area contributed by atoms with E-state index in [1.54, 1.807) is 32.4 Å². The van der Waals surface area contributed by atoms with E-state index >= 15 is 0 Å². The van der Waals surface area contributed by atoms with Crippen molar-refractivity contribution >= 4 is 12.0 Å². The molecule has 1 saturated heterocycles. The summed E-state index contributed by atoms with van der Waals surface area (Å²) in [5.41, 5.74) is 3.44. The lowest BCUT2D eigenvalue weighted by atomic mass is 9.96. The number of carbonyl (C=O) groups is 1. The van der Waals surface area contributed by atoms with Crippen molar-refractivity contribution in [1.82, 2.24) is 15.1 Å². The normalized spacial score (nSPS) is 14.1. The average Bonchev–Trinajstić information content (AvgIpc) is 3.11. The maximum Gasteiger partial charge on any atom is 0.243 e. The maximum atomic E-state index is 12.6. The zero-order valence-corrected chi connectivity index (χ0v) is 27.7. The molecule has 4 rings (SSSR count). The largest absolute Gasteiger partial charge is 0.464 e. The number of ether oxygens (including phenoxy) is 6. The molecule has 3 aromatic rings. The van der Waals surface area contributed by atoms with Gasteiger partial charge in [-0.25, -0.2) is 0 Å². The fraction of sp³-hybridized carbons (Fsp3) is 0.432. The highest BCUT2D eigenvalue weighted by molar-refractivity contribution is 5.91. The van der Waals surface area contributed by atoms with E-state index in [0.29, 0.717) is 44.5 Å². The molecule has 1 N–H and O–H groups in total. The van der Waals surface area contributed by atoms with Crippen LogP contribution in [0.4, 0.5) is 0 Å². The lowest BCUT2D eigenvalue weighted by molar-refractivity contribution is -0.116. The van der Waals surface area contributed by atoms with Crippen LogP contribution in [0.3, 0.4) is 0 Å². The van der Waals surface area contributed by atoms with E-state index in [0.717, 1.165) is 44.7 Å². The zero-order valence-electron chi connectivity index (χ0n) is 27.7. The smallest absolute Gasteiger partial charge is 0.243 e. The fourth-order valence-electron chi connectivity index (χ4n) is 5.35. The van der Waals surface area contributed by atoms with Crippen LogP contribution in [-0.2, 0) is 23.7 Å². The van der Waals surface area contributed by atoms with Gasteiger partial charge in [-0.15, -0.1) is 0 Å². The van der Waals surface area contributed by atoms with Crippen molar-refractivity contribution in [1.29, 1.82) is 0 Å². The van der Waals surface area contributed by atoms with E-state index < -0.39 is 0 Å². The van der Waals surface area contributed by atoms with Crippen molar-refractivity contribution in [3.8, 4) is 11.5 Å². The summed E-state index contributed by atoms with van der Waals surface area (Å²) in [5.74, 6) is 0.857. The number of hydrogen-bond donors (Lipinski definition) is 1. The Labute approximate surface area is 279 Å². The first-order valence-electron chi connectivity index (χ1n) is 16.2. The maximum absolute atomic E-state index is 12.6. The van der Waals surface area contributed by atoms with Crippen LogP contribution in [0.2, 0.25) is 0 Å². The second-order valence-electron chi connectivity index (χ2n) is 11.1. The fourth-order valence-corrected chi connectivity index (χ4v) is 5.35. The molecule has 47 heavy (non-hydrogen) atoms. The molecule has 254 valence electrons. The molecule has 0 bridgehead atoms. The first-order valence-corrected chi connectivity index (χ1v) is 16.2. The summed E-state index contributed by atoms with van der Waals surface area (Å²) in [5, 5.41) is 3.01. The molecule has 0 aliphatic carbocycles. The van der Waals surface area contributed by atoms with Gasteiger partial charge < -0.3 is 38.6 Å². The van der Waals surface area contributed by atoms with E-state index in [9.17, 15) is 4.79 Å². The van der Waals surface area contributed by atoms with Crippen molar-refractivity contribution in [3.63, 3.8) is 0 Å². The first-order chi connectivity index (χ1) is 23.2. The standard InChI is InChI=1S/C37H49N3O7/c1-42-24-26-44-29-46-34-16-14-31(28-35(34)47-30-45-27-25-43-2)15-17-36(41)38-18-9-19-39-20-22-40(23-21-39)37(32-10-5-3-6-11-32)33-12-7-4-8-13-33/h3-8,10-17,28,37H,9,18-27,29-30H2,1-2H3,(H,38,41). The van der Waals surface area contributed by atoms with Gasteiger partial charge in [0.2, 0.25) is 5.91 Å². The van der Waals surface area contributed by atoms with Gasteiger partial charge >= 0.3 is 0 Å². The van der Waals surface area contributed by atoms with Crippen LogP contribution < -0.4 is 14.8 Å². The Hall–Kier alpha value is -3.77. The Morgan fingerprint density at radius 2 is 1.36 bits per heavy atom. The Bertz CT molecular complexity index is 1280. The minimum atomic E-state index is -0.138.